The minimum Gasteiger partial charge on any atom is -0.338 e. The predicted molar refractivity (Wildman–Crippen MR) is 90.8 cm³/mol. The van der Waals surface area contributed by atoms with Crippen LogP contribution >= 0.6 is 0 Å². The fraction of sp³-hybridized carbons (Fsp3) is 0.316. The van der Waals surface area contributed by atoms with Crippen molar-refractivity contribution in [3.63, 3.8) is 0 Å². The van der Waals surface area contributed by atoms with Crippen LogP contribution in [-0.2, 0) is 6.42 Å². The summed E-state index contributed by atoms with van der Waals surface area (Å²) in [5.41, 5.74) is 2.47. The summed E-state index contributed by atoms with van der Waals surface area (Å²) < 4.78 is 27.1. The molecule has 1 N–H and O–H groups in total. The van der Waals surface area contributed by atoms with Crippen LogP contribution in [0.15, 0.2) is 42.5 Å². The van der Waals surface area contributed by atoms with E-state index >= 15 is 0 Å². The quantitative estimate of drug-likeness (QED) is 0.873. The minimum absolute atomic E-state index is 0.159. The molecule has 2 aromatic rings. The summed E-state index contributed by atoms with van der Waals surface area (Å²) in [6.07, 6.45) is 0.712. The summed E-state index contributed by atoms with van der Waals surface area (Å²) in [6, 6.07) is 10.4. The molecule has 0 aliphatic heterocycles. The zero-order valence-corrected chi connectivity index (χ0v) is 14.1. The van der Waals surface area contributed by atoms with Crippen LogP contribution in [0.25, 0.3) is 0 Å². The van der Waals surface area contributed by atoms with Crippen molar-refractivity contribution in [1.82, 2.24) is 10.2 Å². The average Bonchev–Trinajstić information content (AvgIpc) is 2.55. The summed E-state index contributed by atoms with van der Waals surface area (Å²) >= 11 is 0. The van der Waals surface area contributed by atoms with Crippen molar-refractivity contribution in [3.05, 3.63) is 70.8 Å². The Morgan fingerprint density at radius 3 is 2.67 bits per heavy atom. The molecule has 2 aromatic carbocycles. The van der Waals surface area contributed by atoms with Gasteiger partial charge in [0.05, 0.1) is 6.04 Å². The molecule has 5 heteroatoms. The van der Waals surface area contributed by atoms with E-state index in [2.05, 4.69) is 11.4 Å². The van der Waals surface area contributed by atoms with Gasteiger partial charge in [0.1, 0.15) is 11.6 Å². The summed E-state index contributed by atoms with van der Waals surface area (Å²) in [5.74, 6) is -1.05. The highest BCUT2D eigenvalue weighted by molar-refractivity contribution is 5.74. The molecule has 1 unspecified atom stereocenters. The van der Waals surface area contributed by atoms with Crippen molar-refractivity contribution in [1.29, 1.82) is 0 Å². The van der Waals surface area contributed by atoms with Gasteiger partial charge < -0.3 is 10.2 Å². The smallest absolute Gasteiger partial charge is 0.317 e. The molecule has 0 saturated carbocycles. The van der Waals surface area contributed by atoms with Crippen LogP contribution in [0.3, 0.4) is 0 Å². The highest BCUT2D eigenvalue weighted by Gasteiger charge is 2.20. The Labute approximate surface area is 141 Å². The summed E-state index contributed by atoms with van der Waals surface area (Å²) in [4.78, 5) is 13.6. The molecule has 24 heavy (non-hydrogen) atoms. The van der Waals surface area contributed by atoms with Gasteiger partial charge in [-0.15, -0.1) is 0 Å². The van der Waals surface area contributed by atoms with Crippen LogP contribution in [0.1, 0.15) is 29.7 Å². The van der Waals surface area contributed by atoms with Crippen molar-refractivity contribution in [2.75, 3.05) is 13.6 Å². The van der Waals surface area contributed by atoms with Crippen LogP contribution in [0.4, 0.5) is 13.6 Å². The van der Waals surface area contributed by atoms with E-state index in [1.54, 1.807) is 14.0 Å². The van der Waals surface area contributed by atoms with Gasteiger partial charge >= 0.3 is 6.03 Å². The van der Waals surface area contributed by atoms with Crippen LogP contribution in [0.5, 0.6) is 0 Å². The lowest BCUT2D eigenvalue weighted by atomic mass is 10.1. The Morgan fingerprint density at radius 2 is 1.96 bits per heavy atom. The number of urea groups is 1. The maximum Gasteiger partial charge on any atom is 0.317 e. The lowest BCUT2D eigenvalue weighted by molar-refractivity contribution is 0.193. The molecule has 2 rings (SSSR count). The molecule has 0 radical (unpaired) electrons. The number of carbonyl (C=O) groups excluding carboxylic acids is 1. The Kier molecular flexibility index (Phi) is 5.90. The first-order chi connectivity index (χ1) is 11.4. The molecule has 0 saturated heterocycles. The number of nitrogens with zero attached hydrogens (tertiary/aromatic N) is 1. The molecule has 0 aromatic heterocycles. The van der Waals surface area contributed by atoms with Gasteiger partial charge in [0, 0.05) is 19.2 Å². The first kappa shape index (κ1) is 17.9. The third kappa shape index (κ3) is 4.54. The number of amides is 2. The van der Waals surface area contributed by atoms with Crippen molar-refractivity contribution in [2.45, 2.75) is 26.3 Å². The Bertz CT molecular complexity index is 718. The number of hydrogen-bond acceptors (Lipinski definition) is 1. The van der Waals surface area contributed by atoms with Gasteiger partial charge in [0.25, 0.3) is 0 Å². The molecule has 0 heterocycles. The molecule has 1 atom stereocenters. The standard InChI is InChI=1S/C19H22F2N2O/c1-13-5-4-6-15(11-13)9-10-22-19(24)23(3)14(2)17-12-16(20)7-8-18(17)21/h4-8,11-12,14H,9-10H2,1-3H3,(H,22,24). The third-order valence-electron chi connectivity index (χ3n) is 4.08. The number of nitrogens with one attached hydrogen (secondary N) is 1. The van der Waals surface area contributed by atoms with Gasteiger partial charge in [-0.2, -0.15) is 0 Å². The first-order valence-electron chi connectivity index (χ1n) is 7.89. The van der Waals surface area contributed by atoms with Gasteiger partial charge in [-0.25, -0.2) is 13.6 Å². The normalized spacial score (nSPS) is 11.9. The minimum atomic E-state index is -0.570. The number of hydrogen-bond donors (Lipinski definition) is 1. The van der Waals surface area contributed by atoms with Crippen LogP contribution in [0.2, 0.25) is 0 Å². The Balaban J connectivity index is 1.92. The highest BCUT2D eigenvalue weighted by Crippen LogP contribution is 2.22. The van der Waals surface area contributed by atoms with Gasteiger partial charge in [-0.05, 0) is 44.0 Å². The lowest BCUT2D eigenvalue weighted by Gasteiger charge is -2.26. The van der Waals surface area contributed by atoms with Crippen LogP contribution in [-0.4, -0.2) is 24.5 Å². The molecule has 3 nitrogen and oxygen atoms in total. The summed E-state index contributed by atoms with van der Waals surface area (Å²) in [5, 5.41) is 2.81. The predicted octanol–water partition coefficient (Wildman–Crippen LogP) is 4.22. The number of halogens is 2. The van der Waals surface area contributed by atoms with Crippen LogP contribution in [0, 0.1) is 18.6 Å². The molecule has 128 valence electrons. The van der Waals surface area contributed by atoms with Gasteiger partial charge in [-0.1, -0.05) is 29.8 Å². The lowest BCUT2D eigenvalue weighted by Crippen LogP contribution is -2.39. The molecular weight excluding hydrogens is 310 g/mol. The number of aryl methyl sites for hydroxylation is 1. The van der Waals surface area contributed by atoms with Gasteiger partial charge in [0.15, 0.2) is 0 Å². The first-order valence-corrected chi connectivity index (χ1v) is 7.89. The number of carbonyl (C=O) groups is 1. The van der Waals surface area contributed by atoms with E-state index in [0.29, 0.717) is 13.0 Å². The highest BCUT2D eigenvalue weighted by atomic mass is 19.1. The number of benzene rings is 2. The van der Waals surface area contributed by atoms with Gasteiger partial charge in [0.2, 0.25) is 0 Å². The van der Waals surface area contributed by atoms with Crippen LogP contribution < -0.4 is 5.32 Å². The van der Waals surface area contributed by atoms with E-state index in [0.717, 1.165) is 23.8 Å². The number of rotatable bonds is 5. The monoisotopic (exact) mass is 332 g/mol. The average molecular weight is 332 g/mol. The summed E-state index contributed by atoms with van der Waals surface area (Å²) in [6.45, 7) is 4.16. The van der Waals surface area contributed by atoms with E-state index in [1.165, 1.54) is 10.5 Å². The maximum atomic E-state index is 13.8. The zero-order chi connectivity index (χ0) is 17.7. The maximum absolute atomic E-state index is 13.8. The molecule has 0 fully saturated rings. The molecule has 0 aliphatic rings. The molecule has 0 aliphatic carbocycles. The Morgan fingerprint density at radius 1 is 1.21 bits per heavy atom. The van der Waals surface area contributed by atoms with E-state index in [4.69, 9.17) is 0 Å². The van der Waals surface area contributed by atoms with Crippen molar-refractivity contribution in [3.8, 4) is 0 Å². The Hall–Kier alpha value is -2.43. The van der Waals surface area contributed by atoms with Crippen molar-refractivity contribution in [2.24, 2.45) is 0 Å². The van der Waals surface area contributed by atoms with E-state index in [-0.39, 0.29) is 11.6 Å². The van der Waals surface area contributed by atoms with E-state index < -0.39 is 17.7 Å². The molecular formula is C19H22F2N2O. The molecule has 0 spiro atoms. The van der Waals surface area contributed by atoms with E-state index in [1.807, 2.05) is 25.1 Å². The third-order valence-corrected chi connectivity index (χ3v) is 4.08. The SMILES string of the molecule is Cc1cccc(CCNC(=O)N(C)C(C)c2cc(F)ccc2F)c1. The second-order valence-corrected chi connectivity index (χ2v) is 5.92. The topological polar surface area (TPSA) is 32.3 Å². The summed E-state index contributed by atoms with van der Waals surface area (Å²) in [7, 11) is 1.57. The second kappa shape index (κ2) is 7.90. The van der Waals surface area contributed by atoms with Gasteiger partial charge in [-0.3, -0.25) is 0 Å². The van der Waals surface area contributed by atoms with E-state index in [9.17, 15) is 13.6 Å². The fourth-order valence-electron chi connectivity index (χ4n) is 2.53. The largest absolute Gasteiger partial charge is 0.338 e. The second-order valence-electron chi connectivity index (χ2n) is 5.92. The molecule has 0 bridgehead atoms. The van der Waals surface area contributed by atoms with Crippen molar-refractivity contribution >= 4 is 6.03 Å². The van der Waals surface area contributed by atoms with Crippen molar-refractivity contribution < 1.29 is 13.6 Å². The zero-order valence-electron chi connectivity index (χ0n) is 14.1. The molecule has 2 amide bonds. The fourth-order valence-corrected chi connectivity index (χ4v) is 2.53.